The summed E-state index contributed by atoms with van der Waals surface area (Å²) < 4.78 is 24.0. The van der Waals surface area contributed by atoms with Gasteiger partial charge in [0, 0.05) is 5.41 Å². The van der Waals surface area contributed by atoms with Gasteiger partial charge in [0.15, 0.2) is 18.7 Å². The Hall–Kier alpha value is -1.23. The minimum atomic E-state index is -1.92. The summed E-state index contributed by atoms with van der Waals surface area (Å²) in [6.07, 6.45) is -6.63. The van der Waals surface area contributed by atoms with E-state index in [1.54, 1.807) is 5.57 Å². The number of hydrogen-bond donors (Lipinski definition) is 8. The van der Waals surface area contributed by atoms with E-state index in [1.807, 2.05) is 0 Å². The van der Waals surface area contributed by atoms with Crippen molar-refractivity contribution in [2.24, 2.45) is 50.2 Å². The number of fused-ring (bicyclic) bond motifs is 7. The normalized spacial score (nSPS) is 54.5. The van der Waals surface area contributed by atoms with Gasteiger partial charge in [0.2, 0.25) is 0 Å². The number of rotatable bonds is 6. The molecule has 0 aromatic rings. The lowest BCUT2D eigenvalue weighted by Gasteiger charge is -2.71. The molecule has 19 atom stereocenters. The Morgan fingerprint density at radius 3 is 2.09 bits per heavy atom. The lowest BCUT2D eigenvalue weighted by Crippen LogP contribution is -2.67. The summed E-state index contributed by atoms with van der Waals surface area (Å²) in [4.78, 5) is 12.2. The number of allylic oxidation sites excluding steroid dienone is 2. The highest BCUT2D eigenvalue weighted by atomic mass is 16.8. The van der Waals surface area contributed by atoms with Crippen molar-refractivity contribution in [3.8, 4) is 0 Å². The van der Waals surface area contributed by atoms with Crippen LogP contribution in [0.4, 0.5) is 0 Å². The number of carboxylic acid groups (broad SMARTS) is 1. The van der Waals surface area contributed by atoms with Gasteiger partial charge in [0.1, 0.15) is 42.7 Å². The molecule has 0 bridgehead atoms. The van der Waals surface area contributed by atoms with Gasteiger partial charge in [-0.1, -0.05) is 67.0 Å². The predicted molar refractivity (Wildman–Crippen MR) is 198 cm³/mol. The average molecular weight is 781 g/mol. The molecule has 55 heavy (non-hydrogen) atoms. The molecule has 4 saturated carbocycles. The van der Waals surface area contributed by atoms with Gasteiger partial charge in [-0.15, -0.1) is 0 Å². The van der Waals surface area contributed by atoms with E-state index >= 15 is 0 Å². The Labute approximate surface area is 325 Å². The molecule has 0 aromatic heterocycles. The highest BCUT2D eigenvalue weighted by molar-refractivity contribution is 5.73. The lowest BCUT2D eigenvalue weighted by atomic mass is 9.33. The molecule has 6 fully saturated rings. The molecular weight excluding hydrogens is 712 g/mol. The zero-order chi connectivity index (χ0) is 40.4. The molecule has 0 aromatic carbocycles. The Kier molecular flexibility index (Phi) is 10.6. The highest BCUT2D eigenvalue weighted by Gasteiger charge is 2.69. The van der Waals surface area contributed by atoms with Crippen LogP contribution < -0.4 is 0 Å². The van der Waals surface area contributed by atoms with E-state index in [2.05, 4.69) is 61.5 Å². The molecule has 7 aliphatic rings. The third-order valence-electron chi connectivity index (χ3n) is 17.3. The molecule has 5 unspecified atom stereocenters. The molecule has 13 nitrogen and oxygen atoms in total. The van der Waals surface area contributed by atoms with Crippen molar-refractivity contribution in [2.75, 3.05) is 6.61 Å². The van der Waals surface area contributed by atoms with Gasteiger partial charge in [0.25, 0.3) is 0 Å². The number of carbonyl (C=O) groups is 1. The Morgan fingerprint density at radius 1 is 0.745 bits per heavy atom. The SMILES string of the molecule is CC1(C)CC2C3=CCC4[C@@]5(C)CC[C@H](OC6O[C@H](C(=O)O)[C@@H](O)[C@H](O)[C@H]6OC6O[C@H](CO)[C@H](O)[C@H](O)[C@H]6O)C(C)(C)C5CC[C@@]4(C)[C@]3(C)CC[C@@]2(C)[C@H](O)C1. The predicted octanol–water partition coefficient (Wildman–Crippen LogP) is 2.88. The van der Waals surface area contributed by atoms with Crippen molar-refractivity contribution < 1.29 is 64.6 Å². The van der Waals surface area contributed by atoms with Crippen LogP contribution in [-0.2, 0) is 23.7 Å². The van der Waals surface area contributed by atoms with Crippen LogP contribution in [0.3, 0.4) is 0 Å². The van der Waals surface area contributed by atoms with E-state index in [0.717, 1.165) is 51.4 Å². The summed E-state index contributed by atoms with van der Waals surface area (Å²) in [5.74, 6) is -0.522. The summed E-state index contributed by atoms with van der Waals surface area (Å²) in [6, 6.07) is 0. The van der Waals surface area contributed by atoms with Gasteiger partial charge in [-0.2, -0.15) is 0 Å². The van der Waals surface area contributed by atoms with Crippen LogP contribution in [0.5, 0.6) is 0 Å². The van der Waals surface area contributed by atoms with Crippen molar-refractivity contribution in [3.63, 3.8) is 0 Å². The van der Waals surface area contributed by atoms with E-state index in [9.17, 15) is 45.6 Å². The van der Waals surface area contributed by atoms with Crippen molar-refractivity contribution in [1.82, 2.24) is 0 Å². The zero-order valence-electron chi connectivity index (χ0n) is 33.9. The number of aliphatic hydroxyl groups excluding tert-OH is 7. The molecule has 2 saturated heterocycles. The van der Waals surface area contributed by atoms with E-state index < -0.39 is 85.5 Å². The van der Waals surface area contributed by atoms with E-state index in [4.69, 9.17) is 18.9 Å². The molecule has 8 N–H and O–H groups in total. The number of aliphatic hydroxyl groups is 7. The van der Waals surface area contributed by atoms with Crippen LogP contribution in [0, 0.1) is 50.2 Å². The van der Waals surface area contributed by atoms with Gasteiger partial charge in [-0.05, 0) is 103 Å². The smallest absolute Gasteiger partial charge is 0.335 e. The maximum atomic E-state index is 12.2. The Balaban J connectivity index is 1.15. The molecule has 5 aliphatic carbocycles. The first-order valence-electron chi connectivity index (χ1n) is 20.7. The fourth-order valence-electron chi connectivity index (χ4n) is 13.7. The van der Waals surface area contributed by atoms with Crippen LogP contribution in [0.25, 0.3) is 0 Å². The first-order valence-corrected chi connectivity index (χ1v) is 20.7. The second-order valence-electron chi connectivity index (χ2n) is 21.0. The maximum absolute atomic E-state index is 12.2. The van der Waals surface area contributed by atoms with Crippen molar-refractivity contribution >= 4 is 5.97 Å². The summed E-state index contributed by atoms with van der Waals surface area (Å²) in [6.45, 7) is 18.1. The fraction of sp³-hybridized carbons (Fsp3) is 0.929. The van der Waals surface area contributed by atoms with Crippen LogP contribution in [0.2, 0.25) is 0 Å². The lowest BCUT2D eigenvalue weighted by molar-refractivity contribution is -0.374. The van der Waals surface area contributed by atoms with Crippen LogP contribution in [-0.4, -0.2) is 127 Å². The molecular formula is C42H68O13. The van der Waals surface area contributed by atoms with Gasteiger partial charge >= 0.3 is 5.97 Å². The zero-order valence-corrected chi connectivity index (χ0v) is 33.9. The number of hydrogen-bond acceptors (Lipinski definition) is 12. The van der Waals surface area contributed by atoms with E-state index in [-0.39, 0.29) is 39.1 Å². The number of ether oxygens (including phenoxy) is 4. The summed E-state index contributed by atoms with van der Waals surface area (Å²) in [5.41, 5.74) is 1.09. The summed E-state index contributed by atoms with van der Waals surface area (Å²) in [5, 5.41) is 84.6. The van der Waals surface area contributed by atoms with Crippen molar-refractivity contribution in [3.05, 3.63) is 11.6 Å². The van der Waals surface area contributed by atoms with Crippen molar-refractivity contribution in [2.45, 2.75) is 187 Å². The number of aliphatic carboxylic acids is 1. The van der Waals surface area contributed by atoms with Crippen molar-refractivity contribution in [1.29, 1.82) is 0 Å². The largest absolute Gasteiger partial charge is 0.479 e. The van der Waals surface area contributed by atoms with Gasteiger partial charge < -0.3 is 59.8 Å². The van der Waals surface area contributed by atoms with E-state index in [1.165, 1.54) is 0 Å². The minimum Gasteiger partial charge on any atom is -0.479 e. The second-order valence-corrected chi connectivity index (χ2v) is 21.0. The Bertz CT molecular complexity index is 1500. The van der Waals surface area contributed by atoms with Gasteiger partial charge in [-0.3, -0.25) is 0 Å². The van der Waals surface area contributed by atoms with Crippen LogP contribution in [0.15, 0.2) is 11.6 Å². The standard InChI is InChI=1S/C42H68O13/c1-37(2)17-21-20-9-10-24-40(6)13-12-26(38(3,4)23(40)11-14-42(24,8)41(20,7)16-15-39(21,5)25(44)18-37)53-36-33(30(48)29(47)32(54-36)34(50)51)55-35-31(49)28(46)27(45)22(19-43)52-35/h9,21-33,35-36,43-49H,10-19H2,1-8H3,(H,50,51)/t21?,22-,23?,24?,25-,26+,27+,28+,29+,30+,31-,32+,33-,35?,36?,39-,40+,41-,42-/m1/s1. The summed E-state index contributed by atoms with van der Waals surface area (Å²) >= 11 is 0. The van der Waals surface area contributed by atoms with Crippen LogP contribution in [0.1, 0.15) is 113 Å². The van der Waals surface area contributed by atoms with E-state index in [0.29, 0.717) is 18.3 Å². The van der Waals surface area contributed by atoms with Gasteiger partial charge in [-0.25, -0.2) is 4.79 Å². The molecule has 13 heteroatoms. The average Bonchev–Trinajstić information content (AvgIpc) is 3.10. The van der Waals surface area contributed by atoms with Crippen LogP contribution >= 0.6 is 0 Å². The second kappa shape index (κ2) is 13.9. The Morgan fingerprint density at radius 2 is 1.44 bits per heavy atom. The maximum Gasteiger partial charge on any atom is 0.335 e. The minimum absolute atomic E-state index is 0.00638. The highest BCUT2D eigenvalue weighted by Crippen LogP contribution is 2.76. The quantitative estimate of drug-likeness (QED) is 0.144. The number of carboxylic acids is 1. The molecule has 314 valence electrons. The molecule has 0 radical (unpaired) electrons. The first kappa shape index (κ1) is 41.9. The monoisotopic (exact) mass is 780 g/mol. The summed E-state index contributed by atoms with van der Waals surface area (Å²) in [7, 11) is 0. The van der Waals surface area contributed by atoms with Gasteiger partial charge in [0.05, 0.1) is 18.8 Å². The first-order chi connectivity index (χ1) is 25.5. The third-order valence-corrected chi connectivity index (χ3v) is 17.3. The molecule has 0 spiro atoms. The molecule has 2 heterocycles. The third kappa shape index (κ3) is 6.23. The topological polar surface area (TPSA) is 216 Å². The molecule has 0 amide bonds. The molecule has 2 aliphatic heterocycles. The fourth-order valence-corrected chi connectivity index (χ4v) is 13.7. The molecule has 7 rings (SSSR count).